The van der Waals surface area contributed by atoms with Gasteiger partial charge in [-0.25, -0.2) is 13.2 Å². The Kier molecular flexibility index (Phi) is 6.03. The van der Waals surface area contributed by atoms with Gasteiger partial charge in [-0.3, -0.25) is 4.74 Å². The zero-order chi connectivity index (χ0) is 18.0. The van der Waals surface area contributed by atoms with Crippen LogP contribution in [-0.4, -0.2) is 37.3 Å². The molecule has 0 atom stereocenters. The smallest absolute Gasteiger partial charge is 0.397 e. The van der Waals surface area contributed by atoms with Crippen molar-refractivity contribution >= 4 is 0 Å². The van der Waals surface area contributed by atoms with Crippen molar-refractivity contribution in [2.45, 2.75) is 24.0 Å². The fourth-order valence-electron chi connectivity index (χ4n) is 0.769. The molecule has 2 nitrogen and oxygen atoms in total. The highest BCUT2D eigenvalue weighted by Gasteiger charge is 2.77. The summed E-state index contributed by atoms with van der Waals surface area (Å²) >= 11 is 0. The average Bonchev–Trinajstić information content (AvgIpc) is 2.36. The predicted octanol–water partition coefficient (Wildman–Crippen LogP) is 4.48. The van der Waals surface area contributed by atoms with Crippen LogP contribution in [0.4, 0.5) is 52.7 Å². The fraction of sp³-hybridized carbons (Fsp3) is 0.750. The van der Waals surface area contributed by atoms with Crippen LogP contribution in [0.15, 0.2) is 12.1 Å². The van der Waals surface area contributed by atoms with Crippen LogP contribution >= 0.6 is 0 Å². The molecule has 0 bridgehead atoms. The van der Waals surface area contributed by atoms with E-state index in [1.165, 1.54) is 0 Å². The summed E-state index contributed by atoms with van der Waals surface area (Å²) in [5.74, 6) is -11.7. The Morgan fingerprint density at radius 1 is 0.727 bits per heavy atom. The first-order valence-electron chi connectivity index (χ1n) is 4.70. The van der Waals surface area contributed by atoms with Crippen molar-refractivity contribution in [2.24, 2.45) is 0 Å². The van der Waals surface area contributed by atoms with Crippen LogP contribution in [0.25, 0.3) is 0 Å². The molecule has 0 aliphatic heterocycles. The Bertz CT molecular complexity index is 411. The van der Waals surface area contributed by atoms with E-state index in [0.717, 1.165) is 0 Å². The van der Waals surface area contributed by atoms with Crippen LogP contribution in [0.5, 0.6) is 0 Å². The van der Waals surface area contributed by atoms with Gasteiger partial charge in [-0.2, -0.15) is 39.5 Å². The highest BCUT2D eigenvalue weighted by atomic mass is 19.4. The number of rotatable bonds is 8. The molecular weight excluding hydrogens is 356 g/mol. The van der Waals surface area contributed by atoms with Gasteiger partial charge in [-0.05, 0) is 0 Å². The quantitative estimate of drug-likeness (QED) is 0.470. The Morgan fingerprint density at radius 2 is 1.14 bits per heavy atom. The van der Waals surface area contributed by atoms with Crippen molar-refractivity contribution in [1.29, 1.82) is 0 Å². The van der Waals surface area contributed by atoms with E-state index >= 15 is 0 Å². The van der Waals surface area contributed by atoms with Gasteiger partial charge in [0.15, 0.2) is 13.3 Å². The molecule has 0 saturated heterocycles. The summed E-state index contributed by atoms with van der Waals surface area (Å²) in [7, 11) is 0. The molecule has 0 radical (unpaired) electrons. The van der Waals surface area contributed by atoms with Gasteiger partial charge in [-0.1, -0.05) is 0 Å². The molecule has 0 aromatic carbocycles. The summed E-state index contributed by atoms with van der Waals surface area (Å²) in [5.41, 5.74) is 0. The molecule has 0 amide bonds. The number of alkyl halides is 9. The van der Waals surface area contributed by atoms with Crippen LogP contribution in [0.1, 0.15) is 0 Å². The van der Waals surface area contributed by atoms with E-state index in [1.54, 1.807) is 0 Å². The Balaban J connectivity index is 5.54. The number of hydrogen-bond acceptors (Lipinski definition) is 2. The van der Waals surface area contributed by atoms with Gasteiger partial charge in [0, 0.05) is 0 Å². The Morgan fingerprint density at radius 3 is 1.45 bits per heavy atom. The molecule has 0 unspecified atom stereocenters. The number of hydrogen-bond donors (Lipinski definition) is 0. The lowest BCUT2D eigenvalue weighted by atomic mass is 10.2. The van der Waals surface area contributed by atoms with Crippen molar-refractivity contribution in [3.05, 3.63) is 12.1 Å². The van der Waals surface area contributed by atoms with Crippen molar-refractivity contribution in [1.82, 2.24) is 0 Å². The topological polar surface area (TPSA) is 18.5 Å². The molecular formula is C8H4F12O2. The van der Waals surface area contributed by atoms with Crippen molar-refractivity contribution in [3.8, 4) is 0 Å². The van der Waals surface area contributed by atoms with Crippen molar-refractivity contribution < 1.29 is 62.2 Å². The van der Waals surface area contributed by atoms with Gasteiger partial charge in [0.05, 0.1) is 0 Å². The van der Waals surface area contributed by atoms with Gasteiger partial charge >= 0.3 is 30.2 Å². The molecule has 0 spiro atoms. The lowest BCUT2D eigenvalue weighted by Crippen LogP contribution is -2.59. The first kappa shape index (κ1) is 20.7. The molecule has 0 aromatic rings. The first-order chi connectivity index (χ1) is 9.66. The molecule has 0 fully saturated rings. The lowest BCUT2D eigenvalue weighted by molar-refractivity contribution is -0.472. The minimum Gasteiger partial charge on any atom is -0.397 e. The Hall–Kier alpha value is -1.34. The largest absolute Gasteiger partial charge is 0.475 e. The molecule has 0 rings (SSSR count). The van der Waals surface area contributed by atoms with Gasteiger partial charge < -0.3 is 4.74 Å². The standard InChI is InChI=1S/C8H4F12O2/c9-1-5(14,2-10)22-8(19,20)6(15,16)7(17,18)21-4(13)3(11)12/h1-2H2. The van der Waals surface area contributed by atoms with E-state index < -0.39 is 49.4 Å². The van der Waals surface area contributed by atoms with Gasteiger partial charge in [0.2, 0.25) is 0 Å². The van der Waals surface area contributed by atoms with Crippen molar-refractivity contribution in [3.63, 3.8) is 0 Å². The van der Waals surface area contributed by atoms with E-state index in [0.29, 0.717) is 0 Å². The summed E-state index contributed by atoms with van der Waals surface area (Å²) in [5, 5.41) is 0. The van der Waals surface area contributed by atoms with Crippen LogP contribution in [0.2, 0.25) is 0 Å². The molecule has 0 saturated carbocycles. The third kappa shape index (κ3) is 4.10. The molecule has 0 aliphatic rings. The summed E-state index contributed by atoms with van der Waals surface area (Å²) in [6.07, 6.45) is -17.0. The second-order valence-electron chi connectivity index (χ2n) is 3.50. The number of halogens is 12. The highest BCUT2D eigenvalue weighted by Crippen LogP contribution is 2.49. The molecule has 0 N–H and O–H groups in total. The predicted molar refractivity (Wildman–Crippen MR) is 43.1 cm³/mol. The Labute approximate surface area is 113 Å². The van der Waals surface area contributed by atoms with Gasteiger partial charge in [0.1, 0.15) is 0 Å². The van der Waals surface area contributed by atoms with Crippen LogP contribution < -0.4 is 0 Å². The second kappa shape index (κ2) is 6.42. The molecule has 0 aromatic heterocycles. The summed E-state index contributed by atoms with van der Waals surface area (Å²) in [6, 6.07) is -3.64. The van der Waals surface area contributed by atoms with Crippen LogP contribution in [0.3, 0.4) is 0 Å². The molecule has 0 heterocycles. The van der Waals surface area contributed by atoms with E-state index in [1.807, 2.05) is 4.74 Å². The maximum atomic E-state index is 12.8. The zero-order valence-corrected chi connectivity index (χ0v) is 9.77. The monoisotopic (exact) mass is 360 g/mol. The normalized spacial score (nSPS) is 14.0. The second-order valence-corrected chi connectivity index (χ2v) is 3.50. The molecule has 14 heteroatoms. The average molecular weight is 360 g/mol. The molecule has 22 heavy (non-hydrogen) atoms. The lowest BCUT2D eigenvalue weighted by Gasteiger charge is -2.33. The maximum Gasteiger partial charge on any atom is 0.475 e. The highest BCUT2D eigenvalue weighted by molar-refractivity contribution is 4.92. The van der Waals surface area contributed by atoms with E-state index in [4.69, 9.17) is 0 Å². The minimum atomic E-state index is -6.98. The van der Waals surface area contributed by atoms with E-state index in [-0.39, 0.29) is 0 Å². The summed E-state index contributed by atoms with van der Waals surface area (Å²) < 4.78 is 152. The van der Waals surface area contributed by atoms with E-state index in [9.17, 15) is 52.7 Å². The van der Waals surface area contributed by atoms with Crippen LogP contribution in [0, 0.1) is 0 Å². The molecule has 132 valence electrons. The zero-order valence-electron chi connectivity index (χ0n) is 9.77. The minimum absolute atomic E-state index is 2.04. The van der Waals surface area contributed by atoms with E-state index in [2.05, 4.69) is 4.74 Å². The summed E-state index contributed by atoms with van der Waals surface area (Å²) in [4.78, 5) is 0. The summed E-state index contributed by atoms with van der Waals surface area (Å²) in [6.45, 7) is -5.57. The van der Waals surface area contributed by atoms with Crippen LogP contribution in [-0.2, 0) is 9.47 Å². The van der Waals surface area contributed by atoms with Gasteiger partial charge in [-0.15, -0.1) is 0 Å². The molecule has 0 aliphatic carbocycles. The fourth-order valence-corrected chi connectivity index (χ4v) is 0.769. The van der Waals surface area contributed by atoms with Crippen molar-refractivity contribution in [2.75, 3.05) is 13.3 Å². The maximum absolute atomic E-state index is 12.8. The third-order valence-electron chi connectivity index (χ3n) is 1.81. The van der Waals surface area contributed by atoms with Gasteiger partial charge in [0.25, 0.3) is 5.85 Å². The first-order valence-corrected chi connectivity index (χ1v) is 4.70. The SMILES string of the molecule is FCC(F)(CF)OC(F)(F)C(F)(F)C(F)(F)OC(F)=C(F)F. The number of ether oxygens (including phenoxy) is 2. The third-order valence-corrected chi connectivity index (χ3v) is 1.81.